The molecule has 1 heterocycles. The van der Waals surface area contributed by atoms with E-state index in [0.717, 1.165) is 0 Å². The quantitative estimate of drug-likeness (QED) is 0.460. The predicted molar refractivity (Wildman–Crippen MR) is 37.1 cm³/mol. The smallest absolute Gasteiger partial charge is 0.383 e. The Hall–Kier alpha value is -0.670. The van der Waals surface area contributed by atoms with Gasteiger partial charge >= 0.3 is 20.5 Å². The molecule has 1 saturated heterocycles. The molecular weight excluding hydrogens is 169 g/mol. The normalized spacial score (nSPS) is 31.1. The number of hydrogen-bond acceptors (Lipinski definition) is 5. The van der Waals surface area contributed by atoms with Crippen LogP contribution in [0.3, 0.4) is 0 Å². The van der Waals surface area contributed by atoms with Crippen molar-refractivity contribution >= 4 is 20.5 Å². The Morgan fingerprint density at radius 2 is 1.91 bits per heavy atom. The summed E-state index contributed by atoms with van der Waals surface area (Å²) in [5.74, 6) is -1.92. The summed E-state index contributed by atoms with van der Waals surface area (Å²) >= 11 is 0. The van der Waals surface area contributed by atoms with Gasteiger partial charge in [0.25, 0.3) is 0 Å². The first-order valence-corrected chi connectivity index (χ1v) is 4.38. The van der Waals surface area contributed by atoms with Crippen LogP contribution in [0.25, 0.3) is 0 Å². The van der Waals surface area contributed by atoms with Crippen molar-refractivity contribution in [2.75, 3.05) is 0 Å². The Morgan fingerprint density at radius 1 is 1.45 bits per heavy atom. The minimum Gasteiger partial charge on any atom is -0.394 e. The molecule has 0 amide bonds. The van der Waals surface area contributed by atoms with Crippen molar-refractivity contribution in [1.82, 2.24) is 0 Å². The Kier molecular flexibility index (Phi) is 2.42. The fourth-order valence-corrected chi connectivity index (χ4v) is 1.40. The van der Waals surface area contributed by atoms with E-state index in [0.29, 0.717) is 6.42 Å². The summed E-state index contributed by atoms with van der Waals surface area (Å²) in [4.78, 5) is 21.7. The van der Waals surface area contributed by atoms with Crippen LogP contribution in [-0.2, 0) is 18.6 Å². The highest BCUT2D eigenvalue weighted by Crippen LogP contribution is 2.36. The largest absolute Gasteiger partial charge is 0.394 e. The van der Waals surface area contributed by atoms with Crippen LogP contribution in [0.15, 0.2) is 0 Å². The monoisotopic (exact) mass is 177 g/mol. The van der Waals surface area contributed by atoms with Gasteiger partial charge in [-0.1, -0.05) is 6.92 Å². The van der Waals surface area contributed by atoms with Gasteiger partial charge in [0.15, 0.2) is 5.92 Å². The van der Waals surface area contributed by atoms with Gasteiger partial charge in [-0.05, 0) is 6.42 Å². The molecule has 2 N–H and O–H groups in total. The lowest BCUT2D eigenvalue weighted by atomic mass is 10.1. The molecule has 0 aromatic heterocycles. The Bertz CT molecular complexity index is 177. The first kappa shape index (κ1) is 8.43. The lowest BCUT2D eigenvalue weighted by Gasteiger charge is -2.21. The second-order valence-electron chi connectivity index (χ2n) is 2.07. The van der Waals surface area contributed by atoms with E-state index in [1.54, 1.807) is 6.92 Å². The van der Waals surface area contributed by atoms with Crippen LogP contribution < -0.4 is 5.50 Å². The molecular formula is C5H8NO4P. The SMILES string of the molecule is CCC1C(=O)OP(N)OC1=O. The summed E-state index contributed by atoms with van der Waals surface area (Å²) in [5, 5.41) is 0. The Balaban J connectivity index is 2.67. The molecule has 0 unspecified atom stereocenters. The van der Waals surface area contributed by atoms with Gasteiger partial charge in [-0.15, -0.1) is 0 Å². The molecule has 1 rings (SSSR count). The zero-order valence-corrected chi connectivity index (χ0v) is 6.84. The van der Waals surface area contributed by atoms with Crippen LogP contribution in [0.1, 0.15) is 13.3 Å². The van der Waals surface area contributed by atoms with E-state index in [4.69, 9.17) is 5.50 Å². The van der Waals surface area contributed by atoms with Crippen molar-refractivity contribution in [3.05, 3.63) is 0 Å². The average Bonchev–Trinajstić information content (AvgIpc) is 1.85. The van der Waals surface area contributed by atoms with Gasteiger partial charge in [-0.2, -0.15) is 0 Å². The van der Waals surface area contributed by atoms with Gasteiger partial charge in [0, 0.05) is 0 Å². The molecule has 0 saturated carbocycles. The first-order valence-electron chi connectivity index (χ1n) is 3.13. The molecule has 1 aliphatic heterocycles. The number of hydrogen-bond donors (Lipinski definition) is 1. The van der Waals surface area contributed by atoms with E-state index >= 15 is 0 Å². The summed E-state index contributed by atoms with van der Waals surface area (Å²) < 4.78 is 9.04. The first-order chi connectivity index (χ1) is 5.15. The predicted octanol–water partition coefficient (Wildman–Crippen LogP) is 0.298. The summed E-state index contributed by atoms with van der Waals surface area (Å²) in [6.07, 6.45) is 0.390. The van der Waals surface area contributed by atoms with Crippen LogP contribution in [0.2, 0.25) is 0 Å². The number of nitrogens with two attached hydrogens (primary N) is 1. The molecule has 0 atom stereocenters. The maximum absolute atomic E-state index is 10.9. The average molecular weight is 177 g/mol. The summed E-state index contributed by atoms with van der Waals surface area (Å²) in [6.45, 7) is 1.71. The molecule has 0 radical (unpaired) electrons. The second-order valence-corrected chi connectivity index (χ2v) is 3.00. The molecule has 1 fully saturated rings. The molecule has 0 aliphatic carbocycles. The van der Waals surface area contributed by atoms with E-state index < -0.39 is 26.4 Å². The number of rotatable bonds is 1. The molecule has 0 spiro atoms. The highest BCUT2D eigenvalue weighted by Gasteiger charge is 2.37. The molecule has 0 aromatic carbocycles. The van der Waals surface area contributed by atoms with Crippen molar-refractivity contribution in [3.8, 4) is 0 Å². The lowest BCUT2D eigenvalue weighted by molar-refractivity contribution is -0.156. The van der Waals surface area contributed by atoms with Gasteiger partial charge in [0.1, 0.15) is 0 Å². The van der Waals surface area contributed by atoms with E-state index in [-0.39, 0.29) is 0 Å². The van der Waals surface area contributed by atoms with Crippen molar-refractivity contribution < 1.29 is 18.6 Å². The van der Waals surface area contributed by atoms with Crippen molar-refractivity contribution in [1.29, 1.82) is 0 Å². The second kappa shape index (κ2) is 3.15. The van der Waals surface area contributed by atoms with Gasteiger partial charge in [0.2, 0.25) is 0 Å². The summed E-state index contributed by atoms with van der Waals surface area (Å²) in [5.41, 5.74) is 5.11. The van der Waals surface area contributed by atoms with Gasteiger partial charge in [0.05, 0.1) is 0 Å². The third-order valence-electron chi connectivity index (χ3n) is 1.34. The zero-order chi connectivity index (χ0) is 8.43. The summed E-state index contributed by atoms with van der Waals surface area (Å²) in [7, 11) is -1.80. The molecule has 11 heavy (non-hydrogen) atoms. The van der Waals surface area contributed by atoms with E-state index in [9.17, 15) is 9.59 Å². The maximum atomic E-state index is 10.9. The standard InChI is InChI=1S/C5H8NO4P/c1-2-3-4(7)9-11(6)10-5(3)8/h3H,2,6H2,1H3. The van der Waals surface area contributed by atoms with Crippen LogP contribution >= 0.6 is 8.53 Å². The number of carbonyl (C=O) groups is 2. The molecule has 6 heteroatoms. The molecule has 5 nitrogen and oxygen atoms in total. The van der Waals surface area contributed by atoms with Crippen LogP contribution in [0.5, 0.6) is 0 Å². The Labute approximate surface area is 64.8 Å². The summed E-state index contributed by atoms with van der Waals surface area (Å²) in [6, 6.07) is 0. The van der Waals surface area contributed by atoms with Crippen molar-refractivity contribution in [3.63, 3.8) is 0 Å². The van der Waals surface area contributed by atoms with Gasteiger partial charge in [-0.3, -0.25) is 9.59 Å². The minimum atomic E-state index is -1.80. The van der Waals surface area contributed by atoms with E-state index in [1.165, 1.54) is 0 Å². The fourth-order valence-electron chi connectivity index (χ4n) is 0.753. The molecule has 0 bridgehead atoms. The van der Waals surface area contributed by atoms with E-state index in [2.05, 4.69) is 9.05 Å². The maximum Gasteiger partial charge on any atom is 0.383 e. The number of carbonyl (C=O) groups excluding carboxylic acids is 2. The van der Waals surface area contributed by atoms with Crippen molar-refractivity contribution in [2.45, 2.75) is 13.3 Å². The third kappa shape index (κ3) is 1.67. The zero-order valence-electron chi connectivity index (χ0n) is 5.94. The van der Waals surface area contributed by atoms with Crippen LogP contribution in [-0.4, -0.2) is 11.9 Å². The third-order valence-corrected chi connectivity index (χ3v) is 2.06. The van der Waals surface area contributed by atoms with E-state index in [1.807, 2.05) is 0 Å². The van der Waals surface area contributed by atoms with Crippen LogP contribution in [0, 0.1) is 5.92 Å². The highest BCUT2D eigenvalue weighted by molar-refractivity contribution is 7.45. The van der Waals surface area contributed by atoms with Gasteiger partial charge < -0.3 is 9.05 Å². The highest BCUT2D eigenvalue weighted by atomic mass is 31.2. The molecule has 0 aromatic rings. The topological polar surface area (TPSA) is 78.6 Å². The van der Waals surface area contributed by atoms with Gasteiger partial charge in [-0.25, -0.2) is 5.50 Å². The fraction of sp³-hybridized carbons (Fsp3) is 0.600. The Morgan fingerprint density at radius 3 is 2.27 bits per heavy atom. The van der Waals surface area contributed by atoms with Crippen molar-refractivity contribution in [2.24, 2.45) is 11.4 Å². The molecule has 62 valence electrons. The minimum absolute atomic E-state index is 0.390. The molecule has 1 aliphatic rings. The van der Waals surface area contributed by atoms with Crippen LogP contribution in [0.4, 0.5) is 0 Å². The lowest BCUT2D eigenvalue weighted by Crippen LogP contribution is -2.31.